The molecule has 1 amide bonds. The monoisotopic (exact) mass is 413 g/mol. The lowest BCUT2D eigenvalue weighted by Gasteiger charge is -2.10. The van der Waals surface area contributed by atoms with E-state index < -0.39 is 0 Å². The van der Waals surface area contributed by atoms with Gasteiger partial charge in [0, 0.05) is 29.2 Å². The molecular formula is C15H13Cl2N5OS2. The fourth-order valence-electron chi connectivity index (χ4n) is 2.03. The molecule has 1 atom stereocenters. The molecule has 0 aliphatic carbocycles. The van der Waals surface area contributed by atoms with Gasteiger partial charge in [-0.15, -0.1) is 21.5 Å². The third-order valence-electron chi connectivity index (χ3n) is 3.32. The summed E-state index contributed by atoms with van der Waals surface area (Å²) in [5.74, 6) is 0.464. The molecule has 0 unspecified atom stereocenters. The summed E-state index contributed by atoms with van der Waals surface area (Å²) in [4.78, 5) is 16.3. The van der Waals surface area contributed by atoms with E-state index in [4.69, 9.17) is 23.2 Å². The minimum absolute atomic E-state index is 0.144. The topological polar surface area (TPSA) is 72.7 Å². The lowest BCUT2D eigenvalue weighted by Crippen LogP contribution is -2.22. The van der Waals surface area contributed by atoms with Crippen LogP contribution in [0, 0.1) is 0 Å². The second-order valence-corrected chi connectivity index (χ2v) is 8.12. The van der Waals surface area contributed by atoms with E-state index in [1.54, 1.807) is 41.3 Å². The van der Waals surface area contributed by atoms with E-state index in [2.05, 4.69) is 20.5 Å². The second-order valence-electron chi connectivity index (χ2n) is 5.08. The van der Waals surface area contributed by atoms with Crippen LogP contribution in [0.15, 0.2) is 34.9 Å². The predicted molar refractivity (Wildman–Crippen MR) is 103 cm³/mol. The van der Waals surface area contributed by atoms with Crippen molar-refractivity contribution in [2.75, 3.05) is 5.32 Å². The van der Waals surface area contributed by atoms with Gasteiger partial charge in [-0.25, -0.2) is 4.98 Å². The molecule has 6 nitrogen and oxygen atoms in total. The highest BCUT2D eigenvalue weighted by Crippen LogP contribution is 2.31. The van der Waals surface area contributed by atoms with Gasteiger partial charge in [0.2, 0.25) is 5.91 Å². The zero-order valence-corrected chi connectivity index (χ0v) is 16.4. The first kappa shape index (κ1) is 18.2. The van der Waals surface area contributed by atoms with Crippen molar-refractivity contribution in [3.63, 3.8) is 0 Å². The van der Waals surface area contributed by atoms with Crippen LogP contribution in [0.4, 0.5) is 5.13 Å². The summed E-state index contributed by atoms with van der Waals surface area (Å²) in [7, 11) is 1.83. The van der Waals surface area contributed by atoms with Gasteiger partial charge in [0.15, 0.2) is 16.1 Å². The first-order chi connectivity index (χ1) is 12.0. The number of thioether (sulfide) groups is 1. The van der Waals surface area contributed by atoms with Crippen LogP contribution in [0.3, 0.4) is 0 Å². The van der Waals surface area contributed by atoms with Crippen molar-refractivity contribution in [1.82, 2.24) is 19.7 Å². The van der Waals surface area contributed by atoms with Crippen LogP contribution in [-0.2, 0) is 11.8 Å². The lowest BCUT2D eigenvalue weighted by atomic mass is 10.2. The van der Waals surface area contributed by atoms with Crippen molar-refractivity contribution in [3.05, 3.63) is 39.8 Å². The molecular weight excluding hydrogens is 401 g/mol. The van der Waals surface area contributed by atoms with Gasteiger partial charge in [-0.2, -0.15) is 0 Å². The maximum Gasteiger partial charge on any atom is 0.239 e. The molecule has 0 spiro atoms. The number of anilines is 1. The van der Waals surface area contributed by atoms with Crippen LogP contribution in [0.1, 0.15) is 6.92 Å². The molecule has 3 rings (SSSR count). The Kier molecular flexibility index (Phi) is 5.63. The van der Waals surface area contributed by atoms with Crippen LogP contribution < -0.4 is 5.32 Å². The number of thiazole rings is 1. The average molecular weight is 414 g/mol. The number of rotatable bonds is 5. The quantitative estimate of drug-likeness (QED) is 0.628. The molecule has 0 saturated carbocycles. The first-order valence-electron chi connectivity index (χ1n) is 7.17. The highest BCUT2D eigenvalue weighted by atomic mass is 35.5. The molecule has 0 aliphatic heterocycles. The number of aromatic nitrogens is 4. The Labute approximate surface area is 162 Å². The zero-order valence-electron chi connectivity index (χ0n) is 13.2. The molecule has 0 bridgehead atoms. The van der Waals surface area contributed by atoms with E-state index in [1.165, 1.54) is 23.1 Å². The van der Waals surface area contributed by atoms with Crippen LogP contribution >= 0.6 is 46.3 Å². The summed E-state index contributed by atoms with van der Waals surface area (Å²) < 4.78 is 1.80. The number of hydrogen-bond acceptors (Lipinski definition) is 6. The van der Waals surface area contributed by atoms with Gasteiger partial charge in [-0.1, -0.05) is 35.0 Å². The van der Waals surface area contributed by atoms with E-state index in [-0.39, 0.29) is 11.2 Å². The Morgan fingerprint density at radius 1 is 1.36 bits per heavy atom. The molecule has 10 heteroatoms. The fraction of sp³-hybridized carbons (Fsp3) is 0.200. The Morgan fingerprint density at radius 3 is 2.84 bits per heavy atom. The Bertz CT molecular complexity index is 897. The molecule has 25 heavy (non-hydrogen) atoms. The summed E-state index contributed by atoms with van der Waals surface area (Å²) in [5.41, 5.74) is 0.729. The summed E-state index contributed by atoms with van der Waals surface area (Å²) in [6.45, 7) is 1.80. The molecule has 0 saturated heterocycles. The van der Waals surface area contributed by atoms with Gasteiger partial charge in [-0.3, -0.25) is 4.79 Å². The van der Waals surface area contributed by atoms with Gasteiger partial charge in [0.25, 0.3) is 0 Å². The maximum absolute atomic E-state index is 12.2. The van der Waals surface area contributed by atoms with E-state index in [9.17, 15) is 4.79 Å². The van der Waals surface area contributed by atoms with Crippen molar-refractivity contribution in [3.8, 4) is 11.4 Å². The van der Waals surface area contributed by atoms with Crippen molar-refractivity contribution in [2.24, 2.45) is 7.05 Å². The molecule has 130 valence electrons. The number of carbonyl (C=O) groups excluding carboxylic acids is 1. The van der Waals surface area contributed by atoms with Crippen LogP contribution in [-0.4, -0.2) is 30.9 Å². The van der Waals surface area contributed by atoms with E-state index in [1.807, 2.05) is 7.05 Å². The number of hydrogen-bond donors (Lipinski definition) is 1. The smallest absolute Gasteiger partial charge is 0.239 e. The first-order valence-corrected chi connectivity index (χ1v) is 9.69. The van der Waals surface area contributed by atoms with E-state index >= 15 is 0 Å². The van der Waals surface area contributed by atoms with E-state index in [0.29, 0.717) is 26.2 Å². The number of halogens is 2. The van der Waals surface area contributed by atoms with E-state index in [0.717, 1.165) is 5.56 Å². The molecule has 0 radical (unpaired) electrons. The molecule has 2 heterocycles. The summed E-state index contributed by atoms with van der Waals surface area (Å²) in [6, 6.07) is 5.19. The summed E-state index contributed by atoms with van der Waals surface area (Å²) in [5, 5.41) is 14.8. The van der Waals surface area contributed by atoms with Crippen molar-refractivity contribution in [1.29, 1.82) is 0 Å². The van der Waals surface area contributed by atoms with Gasteiger partial charge < -0.3 is 9.88 Å². The predicted octanol–water partition coefficient (Wildman–Crippen LogP) is 4.36. The normalized spacial score (nSPS) is 12.2. The zero-order chi connectivity index (χ0) is 18.0. The second kappa shape index (κ2) is 7.74. The molecule has 2 aromatic heterocycles. The maximum atomic E-state index is 12.2. The largest absolute Gasteiger partial charge is 0.305 e. The molecule has 1 N–H and O–H groups in total. The van der Waals surface area contributed by atoms with Gasteiger partial charge >= 0.3 is 0 Å². The van der Waals surface area contributed by atoms with Crippen molar-refractivity contribution >= 4 is 57.3 Å². The minimum Gasteiger partial charge on any atom is -0.305 e. The number of nitrogens with one attached hydrogen (secondary N) is 1. The SMILES string of the molecule is C[C@@H](Sc1nnc(-c2ccc(Cl)cc2Cl)n1C)C(=O)Nc1nccs1. The summed E-state index contributed by atoms with van der Waals surface area (Å²) >= 11 is 14.9. The van der Waals surface area contributed by atoms with Crippen molar-refractivity contribution in [2.45, 2.75) is 17.3 Å². The van der Waals surface area contributed by atoms with Gasteiger partial charge in [-0.05, 0) is 25.1 Å². The highest BCUT2D eigenvalue weighted by molar-refractivity contribution is 8.00. The molecule has 0 fully saturated rings. The fourth-order valence-corrected chi connectivity index (χ4v) is 3.87. The lowest BCUT2D eigenvalue weighted by molar-refractivity contribution is -0.115. The summed E-state index contributed by atoms with van der Waals surface area (Å²) in [6.07, 6.45) is 1.64. The minimum atomic E-state index is -0.361. The number of amides is 1. The standard InChI is InChI=1S/C15H13Cl2N5OS2/c1-8(13(23)19-14-18-5-6-24-14)25-15-21-20-12(22(15)2)10-4-3-9(16)7-11(10)17/h3-8H,1-2H3,(H,18,19,23)/t8-/m1/s1. The molecule has 3 aromatic rings. The Hall–Kier alpha value is -1.61. The van der Waals surface area contributed by atoms with Crippen LogP contribution in [0.5, 0.6) is 0 Å². The Morgan fingerprint density at radius 2 is 2.16 bits per heavy atom. The van der Waals surface area contributed by atoms with Gasteiger partial charge in [0.1, 0.15) is 0 Å². The van der Waals surface area contributed by atoms with Crippen LogP contribution in [0.2, 0.25) is 10.0 Å². The number of nitrogens with zero attached hydrogens (tertiary/aromatic N) is 4. The number of carbonyl (C=O) groups is 1. The third kappa shape index (κ3) is 4.14. The van der Waals surface area contributed by atoms with Crippen LogP contribution in [0.25, 0.3) is 11.4 Å². The average Bonchev–Trinajstić information content (AvgIpc) is 3.19. The van der Waals surface area contributed by atoms with Gasteiger partial charge in [0.05, 0.1) is 10.3 Å². The molecule has 0 aliphatic rings. The third-order valence-corrected chi connectivity index (χ3v) is 5.69. The highest BCUT2D eigenvalue weighted by Gasteiger charge is 2.20. The number of benzene rings is 1. The van der Waals surface area contributed by atoms with Crippen molar-refractivity contribution < 1.29 is 4.79 Å². The Balaban J connectivity index is 1.75. The molecule has 1 aromatic carbocycles.